The summed E-state index contributed by atoms with van der Waals surface area (Å²) in [6.45, 7) is 4.27. The highest BCUT2D eigenvalue weighted by Crippen LogP contribution is 2.48. The summed E-state index contributed by atoms with van der Waals surface area (Å²) in [5.74, 6) is 1.56. The molecular weight excluding hydrogens is 180 g/mol. The first-order valence-corrected chi connectivity index (χ1v) is 5.78. The normalized spacial score (nSPS) is 28.8. The Labute approximate surface area is 83.2 Å². The van der Waals surface area contributed by atoms with Gasteiger partial charge in [-0.05, 0) is 25.2 Å². The van der Waals surface area contributed by atoms with E-state index in [0.717, 1.165) is 16.6 Å². The lowest BCUT2D eigenvalue weighted by Gasteiger charge is -2.06. The van der Waals surface area contributed by atoms with Crippen molar-refractivity contribution in [2.45, 2.75) is 32.7 Å². The third kappa shape index (κ3) is 1.76. The maximum absolute atomic E-state index is 6.12. The van der Waals surface area contributed by atoms with E-state index >= 15 is 0 Å². The molecule has 0 aliphatic heterocycles. The van der Waals surface area contributed by atoms with Crippen LogP contribution in [0.2, 0.25) is 0 Å². The largest absolute Gasteiger partial charge is 0.322 e. The van der Waals surface area contributed by atoms with Gasteiger partial charge in [0.15, 0.2) is 0 Å². The SMILES string of the molecule is CCC1CC1C(N)c1csc(C)n1. The van der Waals surface area contributed by atoms with Crippen molar-refractivity contribution in [2.75, 3.05) is 0 Å². The van der Waals surface area contributed by atoms with Crippen molar-refractivity contribution in [1.82, 2.24) is 4.98 Å². The maximum atomic E-state index is 6.12. The standard InChI is InChI=1S/C10H16N2S/c1-3-7-4-8(7)10(11)9-5-13-6(2)12-9/h5,7-8,10H,3-4,11H2,1-2H3. The van der Waals surface area contributed by atoms with Crippen LogP contribution in [0, 0.1) is 18.8 Å². The number of thiazole rings is 1. The number of aryl methyl sites for hydroxylation is 1. The van der Waals surface area contributed by atoms with Crippen molar-refractivity contribution < 1.29 is 0 Å². The fraction of sp³-hybridized carbons (Fsp3) is 0.700. The van der Waals surface area contributed by atoms with Gasteiger partial charge in [0.1, 0.15) is 0 Å². The minimum Gasteiger partial charge on any atom is -0.322 e. The van der Waals surface area contributed by atoms with Crippen LogP contribution in [0.1, 0.15) is 36.5 Å². The molecule has 3 atom stereocenters. The van der Waals surface area contributed by atoms with Gasteiger partial charge < -0.3 is 5.73 Å². The first-order chi connectivity index (χ1) is 6.22. The second-order valence-corrected chi connectivity index (χ2v) is 4.95. The molecule has 1 aliphatic carbocycles. The molecule has 1 fully saturated rings. The van der Waals surface area contributed by atoms with Gasteiger partial charge in [0.05, 0.1) is 16.7 Å². The van der Waals surface area contributed by atoms with E-state index in [-0.39, 0.29) is 6.04 Å². The van der Waals surface area contributed by atoms with E-state index in [4.69, 9.17) is 5.73 Å². The highest BCUT2D eigenvalue weighted by molar-refractivity contribution is 7.09. The molecule has 3 heteroatoms. The molecule has 0 aromatic carbocycles. The number of hydrogen-bond acceptors (Lipinski definition) is 3. The molecule has 0 radical (unpaired) electrons. The van der Waals surface area contributed by atoms with Gasteiger partial charge in [-0.3, -0.25) is 0 Å². The predicted octanol–water partition coefficient (Wildman–Crippen LogP) is 2.50. The monoisotopic (exact) mass is 196 g/mol. The van der Waals surface area contributed by atoms with Crippen LogP contribution in [0.25, 0.3) is 0 Å². The van der Waals surface area contributed by atoms with Gasteiger partial charge in [0.2, 0.25) is 0 Å². The Morgan fingerprint density at radius 3 is 3.00 bits per heavy atom. The first kappa shape index (κ1) is 9.16. The van der Waals surface area contributed by atoms with Crippen molar-refractivity contribution in [1.29, 1.82) is 0 Å². The molecule has 3 unspecified atom stereocenters. The predicted molar refractivity (Wildman–Crippen MR) is 55.7 cm³/mol. The minimum atomic E-state index is 0.190. The Hall–Kier alpha value is -0.410. The molecular formula is C10H16N2S. The second-order valence-electron chi connectivity index (χ2n) is 3.89. The van der Waals surface area contributed by atoms with Crippen LogP contribution in [0.3, 0.4) is 0 Å². The number of nitrogens with two attached hydrogens (primary N) is 1. The third-order valence-electron chi connectivity index (χ3n) is 2.94. The number of aromatic nitrogens is 1. The summed E-state index contributed by atoms with van der Waals surface area (Å²) in [4.78, 5) is 4.43. The molecule has 0 saturated heterocycles. The van der Waals surface area contributed by atoms with Gasteiger partial charge in [-0.25, -0.2) is 4.98 Å². The van der Waals surface area contributed by atoms with Crippen LogP contribution in [-0.2, 0) is 0 Å². The van der Waals surface area contributed by atoms with E-state index in [1.165, 1.54) is 12.8 Å². The van der Waals surface area contributed by atoms with Gasteiger partial charge in [-0.2, -0.15) is 0 Å². The smallest absolute Gasteiger partial charge is 0.0898 e. The maximum Gasteiger partial charge on any atom is 0.0898 e. The van der Waals surface area contributed by atoms with Gasteiger partial charge >= 0.3 is 0 Å². The van der Waals surface area contributed by atoms with Crippen molar-refractivity contribution in [3.63, 3.8) is 0 Å². The molecule has 2 nitrogen and oxygen atoms in total. The summed E-state index contributed by atoms with van der Waals surface area (Å²) < 4.78 is 0. The minimum absolute atomic E-state index is 0.190. The summed E-state index contributed by atoms with van der Waals surface area (Å²) in [6.07, 6.45) is 2.57. The van der Waals surface area contributed by atoms with Gasteiger partial charge in [0, 0.05) is 5.38 Å². The first-order valence-electron chi connectivity index (χ1n) is 4.90. The van der Waals surface area contributed by atoms with E-state index in [2.05, 4.69) is 17.3 Å². The van der Waals surface area contributed by atoms with E-state index in [9.17, 15) is 0 Å². The highest BCUT2D eigenvalue weighted by atomic mass is 32.1. The Bertz CT molecular complexity index is 295. The Balaban J connectivity index is 2.02. The topological polar surface area (TPSA) is 38.9 Å². The highest BCUT2D eigenvalue weighted by Gasteiger charge is 2.41. The molecule has 1 aromatic heterocycles. The van der Waals surface area contributed by atoms with E-state index in [0.29, 0.717) is 5.92 Å². The van der Waals surface area contributed by atoms with Crippen molar-refractivity contribution >= 4 is 11.3 Å². The lowest BCUT2D eigenvalue weighted by molar-refractivity contribution is 0.557. The van der Waals surface area contributed by atoms with Crippen molar-refractivity contribution in [3.05, 3.63) is 16.1 Å². The average Bonchev–Trinajstić information content (AvgIpc) is 2.80. The molecule has 0 amide bonds. The molecule has 0 spiro atoms. The fourth-order valence-electron chi connectivity index (χ4n) is 1.93. The number of rotatable bonds is 3. The van der Waals surface area contributed by atoms with Crippen molar-refractivity contribution in [2.24, 2.45) is 17.6 Å². The molecule has 1 aliphatic rings. The summed E-state index contributed by atoms with van der Waals surface area (Å²) >= 11 is 1.70. The number of nitrogens with zero attached hydrogens (tertiary/aromatic N) is 1. The van der Waals surface area contributed by atoms with Crippen LogP contribution >= 0.6 is 11.3 Å². The Kier molecular flexibility index (Phi) is 2.39. The summed E-state index contributed by atoms with van der Waals surface area (Å²) in [5.41, 5.74) is 7.22. The third-order valence-corrected chi connectivity index (χ3v) is 3.73. The van der Waals surface area contributed by atoms with Crippen LogP contribution in [-0.4, -0.2) is 4.98 Å². The van der Waals surface area contributed by atoms with Gasteiger partial charge in [-0.1, -0.05) is 13.3 Å². The van der Waals surface area contributed by atoms with Crippen LogP contribution in [0.5, 0.6) is 0 Å². The summed E-state index contributed by atoms with van der Waals surface area (Å²) in [5, 5.41) is 3.23. The summed E-state index contributed by atoms with van der Waals surface area (Å²) in [7, 11) is 0. The zero-order valence-electron chi connectivity index (χ0n) is 8.16. The van der Waals surface area contributed by atoms with E-state index < -0.39 is 0 Å². The van der Waals surface area contributed by atoms with Gasteiger partial charge in [0.25, 0.3) is 0 Å². The number of hydrogen-bond donors (Lipinski definition) is 1. The Morgan fingerprint density at radius 2 is 2.54 bits per heavy atom. The molecule has 2 N–H and O–H groups in total. The average molecular weight is 196 g/mol. The molecule has 2 rings (SSSR count). The molecule has 13 heavy (non-hydrogen) atoms. The quantitative estimate of drug-likeness (QED) is 0.806. The summed E-state index contributed by atoms with van der Waals surface area (Å²) in [6, 6.07) is 0.190. The fourth-order valence-corrected chi connectivity index (χ4v) is 2.59. The molecule has 72 valence electrons. The molecule has 1 heterocycles. The zero-order valence-corrected chi connectivity index (χ0v) is 8.97. The molecule has 1 aromatic rings. The van der Waals surface area contributed by atoms with Crippen molar-refractivity contribution in [3.8, 4) is 0 Å². The van der Waals surface area contributed by atoms with Gasteiger partial charge in [-0.15, -0.1) is 11.3 Å². The van der Waals surface area contributed by atoms with Crippen LogP contribution in [0.15, 0.2) is 5.38 Å². The second kappa shape index (κ2) is 3.39. The molecule has 0 bridgehead atoms. The van der Waals surface area contributed by atoms with Crippen LogP contribution < -0.4 is 5.73 Å². The lowest BCUT2D eigenvalue weighted by Crippen LogP contribution is -2.14. The van der Waals surface area contributed by atoms with E-state index in [1.807, 2.05) is 6.92 Å². The van der Waals surface area contributed by atoms with Crippen LogP contribution in [0.4, 0.5) is 0 Å². The van der Waals surface area contributed by atoms with E-state index in [1.54, 1.807) is 11.3 Å². The zero-order chi connectivity index (χ0) is 9.42. The Morgan fingerprint density at radius 1 is 1.77 bits per heavy atom. The molecule has 1 saturated carbocycles. The lowest BCUT2D eigenvalue weighted by atomic mass is 10.1.